The first-order valence-electron chi connectivity index (χ1n) is 5.74. The number of aromatic nitrogens is 1. The fourth-order valence-electron chi connectivity index (χ4n) is 1.56. The van der Waals surface area contributed by atoms with Crippen molar-refractivity contribution in [3.8, 4) is 16.3 Å². The maximum absolute atomic E-state index is 5.25. The topological polar surface area (TPSA) is 34.2 Å². The molecule has 2 rings (SSSR count). The van der Waals surface area contributed by atoms with E-state index in [1.54, 1.807) is 18.4 Å². The van der Waals surface area contributed by atoms with Crippen molar-refractivity contribution in [2.75, 3.05) is 13.7 Å². The lowest BCUT2D eigenvalue weighted by Crippen LogP contribution is -2.10. The van der Waals surface area contributed by atoms with Crippen molar-refractivity contribution in [1.82, 2.24) is 10.3 Å². The predicted octanol–water partition coefficient (Wildman–Crippen LogP) is 3.69. The molecule has 0 aliphatic carbocycles. The lowest BCUT2D eigenvalue weighted by Gasteiger charge is -2.04. The zero-order valence-corrected chi connectivity index (χ0v) is 12.8. The minimum Gasteiger partial charge on any atom is -0.497 e. The third kappa shape index (κ3) is 3.10. The SMILES string of the molecule is CCNCc1cnc(-c2cc(OC)ccc2Br)s1. The summed E-state index contributed by atoms with van der Waals surface area (Å²) >= 11 is 5.25. The van der Waals surface area contributed by atoms with Crippen LogP contribution < -0.4 is 10.1 Å². The molecule has 1 heterocycles. The van der Waals surface area contributed by atoms with Crippen molar-refractivity contribution in [2.45, 2.75) is 13.5 Å². The highest BCUT2D eigenvalue weighted by Gasteiger charge is 2.09. The van der Waals surface area contributed by atoms with Gasteiger partial charge in [-0.2, -0.15) is 0 Å². The van der Waals surface area contributed by atoms with Gasteiger partial charge in [0.15, 0.2) is 0 Å². The first-order chi connectivity index (χ1) is 8.74. The average molecular weight is 327 g/mol. The van der Waals surface area contributed by atoms with Gasteiger partial charge in [-0.15, -0.1) is 11.3 Å². The standard InChI is InChI=1S/C13H15BrN2OS/c1-3-15-7-10-8-16-13(18-10)11-6-9(17-2)4-5-12(11)14/h4-6,8,15H,3,7H2,1-2H3. The molecule has 1 aromatic carbocycles. The Morgan fingerprint density at radius 2 is 2.28 bits per heavy atom. The summed E-state index contributed by atoms with van der Waals surface area (Å²) in [5.74, 6) is 0.844. The van der Waals surface area contributed by atoms with Crippen LogP contribution in [0.1, 0.15) is 11.8 Å². The summed E-state index contributed by atoms with van der Waals surface area (Å²) in [5, 5.41) is 4.31. The maximum Gasteiger partial charge on any atom is 0.124 e. The number of nitrogens with zero attached hydrogens (tertiary/aromatic N) is 1. The number of thiazole rings is 1. The Kier molecular flexibility index (Phi) is 4.74. The first kappa shape index (κ1) is 13.5. The lowest BCUT2D eigenvalue weighted by molar-refractivity contribution is 0.415. The van der Waals surface area contributed by atoms with E-state index in [4.69, 9.17) is 4.74 Å². The van der Waals surface area contributed by atoms with Crippen LogP contribution in [0.5, 0.6) is 5.75 Å². The Hall–Kier alpha value is -0.910. The van der Waals surface area contributed by atoms with E-state index < -0.39 is 0 Å². The highest BCUT2D eigenvalue weighted by atomic mass is 79.9. The molecule has 0 aliphatic heterocycles. The minimum absolute atomic E-state index is 0.844. The maximum atomic E-state index is 5.25. The number of nitrogens with one attached hydrogen (secondary N) is 1. The van der Waals surface area contributed by atoms with Crippen LogP contribution in [0.2, 0.25) is 0 Å². The molecule has 1 N–H and O–H groups in total. The molecular weight excluding hydrogens is 312 g/mol. The van der Waals surface area contributed by atoms with E-state index in [2.05, 4.69) is 33.2 Å². The van der Waals surface area contributed by atoms with Crippen molar-refractivity contribution in [2.24, 2.45) is 0 Å². The van der Waals surface area contributed by atoms with Gasteiger partial charge in [0.1, 0.15) is 10.8 Å². The fraction of sp³-hybridized carbons (Fsp3) is 0.308. The number of halogens is 1. The van der Waals surface area contributed by atoms with Gasteiger partial charge in [0.25, 0.3) is 0 Å². The Labute approximate surface area is 119 Å². The smallest absolute Gasteiger partial charge is 0.124 e. The minimum atomic E-state index is 0.844. The molecule has 0 unspecified atom stereocenters. The van der Waals surface area contributed by atoms with E-state index in [1.807, 2.05) is 24.4 Å². The lowest BCUT2D eigenvalue weighted by atomic mass is 10.2. The summed E-state index contributed by atoms with van der Waals surface area (Å²) in [6.07, 6.45) is 1.93. The molecule has 0 aliphatic rings. The van der Waals surface area contributed by atoms with Gasteiger partial charge in [-0.1, -0.05) is 22.9 Å². The predicted molar refractivity (Wildman–Crippen MR) is 79.2 cm³/mol. The first-order valence-corrected chi connectivity index (χ1v) is 7.35. The molecule has 0 atom stereocenters. The molecule has 0 saturated carbocycles. The summed E-state index contributed by atoms with van der Waals surface area (Å²) in [7, 11) is 1.67. The van der Waals surface area contributed by atoms with Crippen molar-refractivity contribution in [1.29, 1.82) is 0 Å². The van der Waals surface area contributed by atoms with Crippen LogP contribution in [0.25, 0.3) is 10.6 Å². The molecule has 0 saturated heterocycles. The zero-order valence-electron chi connectivity index (χ0n) is 10.4. The van der Waals surface area contributed by atoms with Crippen molar-refractivity contribution >= 4 is 27.3 Å². The van der Waals surface area contributed by atoms with E-state index in [0.717, 1.165) is 33.9 Å². The fourth-order valence-corrected chi connectivity index (χ4v) is 3.04. The van der Waals surface area contributed by atoms with Gasteiger partial charge in [-0.05, 0) is 24.7 Å². The number of methoxy groups -OCH3 is 1. The summed E-state index contributed by atoms with van der Waals surface area (Å²) in [4.78, 5) is 5.71. The number of benzene rings is 1. The third-order valence-electron chi connectivity index (χ3n) is 2.51. The van der Waals surface area contributed by atoms with Gasteiger partial charge in [0, 0.05) is 27.7 Å². The van der Waals surface area contributed by atoms with Gasteiger partial charge >= 0.3 is 0 Å². The molecular formula is C13H15BrN2OS. The van der Waals surface area contributed by atoms with E-state index in [9.17, 15) is 0 Å². The monoisotopic (exact) mass is 326 g/mol. The van der Waals surface area contributed by atoms with Gasteiger partial charge < -0.3 is 10.1 Å². The number of ether oxygens (including phenoxy) is 1. The highest BCUT2D eigenvalue weighted by Crippen LogP contribution is 2.34. The number of hydrogen-bond acceptors (Lipinski definition) is 4. The quantitative estimate of drug-likeness (QED) is 0.909. The molecule has 0 fully saturated rings. The average Bonchev–Trinajstić information content (AvgIpc) is 2.85. The summed E-state index contributed by atoms with van der Waals surface area (Å²) in [6, 6.07) is 5.92. The molecule has 0 amide bonds. The van der Waals surface area contributed by atoms with Crippen molar-refractivity contribution in [3.05, 3.63) is 33.7 Å². The van der Waals surface area contributed by atoms with E-state index in [1.165, 1.54) is 4.88 Å². The highest BCUT2D eigenvalue weighted by molar-refractivity contribution is 9.10. The molecule has 0 spiro atoms. The van der Waals surface area contributed by atoms with Crippen molar-refractivity contribution in [3.63, 3.8) is 0 Å². The van der Waals surface area contributed by atoms with Gasteiger partial charge in [0.2, 0.25) is 0 Å². The van der Waals surface area contributed by atoms with Crippen molar-refractivity contribution < 1.29 is 4.74 Å². The Morgan fingerprint density at radius 3 is 3.00 bits per heavy atom. The molecule has 1 aromatic heterocycles. The molecule has 5 heteroatoms. The molecule has 96 valence electrons. The Balaban J connectivity index is 2.27. The zero-order chi connectivity index (χ0) is 13.0. The van der Waals surface area contributed by atoms with Gasteiger partial charge in [0.05, 0.1) is 7.11 Å². The molecule has 0 bridgehead atoms. The van der Waals surface area contributed by atoms with Gasteiger partial charge in [-0.25, -0.2) is 4.98 Å². The largest absolute Gasteiger partial charge is 0.497 e. The second-order valence-corrected chi connectivity index (χ2v) is 5.73. The molecule has 0 radical (unpaired) electrons. The van der Waals surface area contributed by atoms with Crippen LogP contribution in [-0.4, -0.2) is 18.6 Å². The molecule has 3 nitrogen and oxygen atoms in total. The van der Waals surface area contributed by atoms with Crippen LogP contribution in [0.4, 0.5) is 0 Å². The van der Waals surface area contributed by atoms with E-state index in [0.29, 0.717) is 0 Å². The van der Waals surface area contributed by atoms with E-state index >= 15 is 0 Å². The molecule has 2 aromatic rings. The molecule has 18 heavy (non-hydrogen) atoms. The number of hydrogen-bond donors (Lipinski definition) is 1. The second kappa shape index (κ2) is 6.31. The van der Waals surface area contributed by atoms with Crippen LogP contribution >= 0.6 is 27.3 Å². The van der Waals surface area contributed by atoms with Gasteiger partial charge in [-0.3, -0.25) is 0 Å². The summed E-state index contributed by atoms with van der Waals surface area (Å²) < 4.78 is 6.28. The van der Waals surface area contributed by atoms with Crippen LogP contribution in [0.3, 0.4) is 0 Å². The Bertz CT molecular complexity index is 527. The normalized spacial score (nSPS) is 10.6. The summed E-state index contributed by atoms with van der Waals surface area (Å²) in [6.45, 7) is 3.94. The number of rotatable bonds is 5. The third-order valence-corrected chi connectivity index (χ3v) is 4.23. The second-order valence-electron chi connectivity index (χ2n) is 3.76. The van der Waals surface area contributed by atoms with Crippen LogP contribution in [0.15, 0.2) is 28.9 Å². The van der Waals surface area contributed by atoms with Crippen LogP contribution in [0, 0.1) is 0 Å². The Morgan fingerprint density at radius 1 is 1.44 bits per heavy atom. The van der Waals surface area contributed by atoms with E-state index in [-0.39, 0.29) is 0 Å². The van der Waals surface area contributed by atoms with Crippen LogP contribution in [-0.2, 0) is 6.54 Å². The summed E-state index contributed by atoms with van der Waals surface area (Å²) in [5.41, 5.74) is 1.07.